The van der Waals surface area contributed by atoms with Crippen molar-refractivity contribution in [3.63, 3.8) is 0 Å². The summed E-state index contributed by atoms with van der Waals surface area (Å²) in [5.74, 6) is -0.112. The Kier molecular flexibility index (Phi) is 3.47. The van der Waals surface area contributed by atoms with Gasteiger partial charge in [0.1, 0.15) is 5.83 Å². The van der Waals surface area contributed by atoms with Crippen molar-refractivity contribution in [2.75, 3.05) is 0 Å². The van der Waals surface area contributed by atoms with Gasteiger partial charge in [0, 0.05) is 17.1 Å². The summed E-state index contributed by atoms with van der Waals surface area (Å²) in [4.78, 5) is 11.8. The van der Waals surface area contributed by atoms with Gasteiger partial charge >= 0.3 is 5.69 Å². The number of aromatic nitrogens is 3. The highest BCUT2D eigenvalue weighted by molar-refractivity contribution is 9.10. The van der Waals surface area contributed by atoms with Gasteiger partial charge in [-0.25, -0.2) is 13.9 Å². The first-order valence-electron chi connectivity index (χ1n) is 5.22. The molecular formula is C12H11BrFN3O. The lowest BCUT2D eigenvalue weighted by atomic mass is 10.2. The molecule has 2 rings (SSSR count). The van der Waals surface area contributed by atoms with Gasteiger partial charge in [-0.15, -0.1) is 5.10 Å². The molecule has 0 spiro atoms. The third kappa shape index (κ3) is 2.43. The molecule has 0 bridgehead atoms. The van der Waals surface area contributed by atoms with Crippen molar-refractivity contribution < 1.29 is 4.39 Å². The van der Waals surface area contributed by atoms with E-state index >= 15 is 0 Å². The van der Waals surface area contributed by atoms with Crippen LogP contribution in [0.3, 0.4) is 0 Å². The zero-order valence-electron chi connectivity index (χ0n) is 9.73. The zero-order valence-corrected chi connectivity index (χ0v) is 11.3. The number of benzene rings is 1. The van der Waals surface area contributed by atoms with E-state index in [0.29, 0.717) is 5.82 Å². The molecule has 1 heterocycles. The second-order valence-corrected chi connectivity index (χ2v) is 4.77. The van der Waals surface area contributed by atoms with Crippen LogP contribution in [0.1, 0.15) is 0 Å². The number of hydrogen-bond acceptors (Lipinski definition) is 2. The molecule has 0 fully saturated rings. The van der Waals surface area contributed by atoms with E-state index in [9.17, 15) is 9.18 Å². The maximum Gasteiger partial charge on any atom is 0.346 e. The molecule has 0 aliphatic heterocycles. The summed E-state index contributed by atoms with van der Waals surface area (Å²) < 4.78 is 16.1. The van der Waals surface area contributed by atoms with Gasteiger partial charge in [0.2, 0.25) is 0 Å². The predicted octanol–water partition coefficient (Wildman–Crippen LogP) is 2.49. The molecule has 6 heteroatoms. The fourth-order valence-electron chi connectivity index (χ4n) is 1.63. The highest BCUT2D eigenvalue weighted by Crippen LogP contribution is 2.20. The molecule has 18 heavy (non-hydrogen) atoms. The number of rotatable bonds is 3. The average Bonchev–Trinajstić information content (AvgIpc) is 2.57. The van der Waals surface area contributed by atoms with Crippen molar-refractivity contribution in [2.24, 2.45) is 7.05 Å². The first-order valence-corrected chi connectivity index (χ1v) is 6.01. The first-order chi connectivity index (χ1) is 8.49. The van der Waals surface area contributed by atoms with Crippen molar-refractivity contribution in [3.05, 3.63) is 51.6 Å². The molecule has 2 aromatic rings. The van der Waals surface area contributed by atoms with E-state index in [0.717, 1.165) is 14.7 Å². The van der Waals surface area contributed by atoms with Crippen LogP contribution in [0.25, 0.3) is 11.4 Å². The summed E-state index contributed by atoms with van der Waals surface area (Å²) in [7, 11) is 1.60. The second-order valence-electron chi connectivity index (χ2n) is 3.85. The van der Waals surface area contributed by atoms with E-state index in [2.05, 4.69) is 27.6 Å². The van der Waals surface area contributed by atoms with Crippen LogP contribution < -0.4 is 5.69 Å². The Bertz CT molecular complexity index is 660. The predicted molar refractivity (Wildman–Crippen MR) is 70.9 cm³/mol. The highest BCUT2D eigenvalue weighted by atomic mass is 79.9. The molecule has 0 aliphatic carbocycles. The normalized spacial score (nSPS) is 10.6. The van der Waals surface area contributed by atoms with Crippen LogP contribution in [-0.4, -0.2) is 14.3 Å². The van der Waals surface area contributed by atoms with E-state index in [1.54, 1.807) is 7.05 Å². The molecule has 4 nitrogen and oxygen atoms in total. The highest BCUT2D eigenvalue weighted by Gasteiger charge is 2.12. The standard InChI is InChI=1S/C12H11BrFN3O/c1-8(14)7-17-12(18)16(2)11(15-17)9-4-3-5-10(13)6-9/h3-6H,1,7H2,2H3. The van der Waals surface area contributed by atoms with E-state index < -0.39 is 5.83 Å². The summed E-state index contributed by atoms with van der Waals surface area (Å²) in [6.45, 7) is 2.91. The van der Waals surface area contributed by atoms with Gasteiger partial charge in [-0.2, -0.15) is 0 Å². The quantitative estimate of drug-likeness (QED) is 0.873. The fourth-order valence-corrected chi connectivity index (χ4v) is 2.03. The van der Waals surface area contributed by atoms with E-state index in [-0.39, 0.29) is 12.2 Å². The molecule has 0 aliphatic rings. The van der Waals surface area contributed by atoms with Crippen LogP contribution in [0.15, 0.2) is 45.9 Å². The lowest BCUT2D eigenvalue weighted by Crippen LogP contribution is -2.23. The molecule has 0 saturated carbocycles. The van der Waals surface area contributed by atoms with Gasteiger partial charge < -0.3 is 0 Å². The first kappa shape index (κ1) is 12.8. The molecule has 0 N–H and O–H groups in total. The van der Waals surface area contributed by atoms with Gasteiger partial charge in [0.05, 0.1) is 6.54 Å². The molecule has 94 valence electrons. The third-order valence-electron chi connectivity index (χ3n) is 2.45. The molecule has 0 amide bonds. The van der Waals surface area contributed by atoms with E-state index in [1.165, 1.54) is 4.57 Å². The Morgan fingerprint density at radius 3 is 2.89 bits per heavy atom. The monoisotopic (exact) mass is 311 g/mol. The maximum atomic E-state index is 12.8. The van der Waals surface area contributed by atoms with Crippen molar-refractivity contribution in [1.29, 1.82) is 0 Å². The van der Waals surface area contributed by atoms with Crippen LogP contribution in [0.2, 0.25) is 0 Å². The molecular weight excluding hydrogens is 301 g/mol. The minimum atomic E-state index is -0.601. The zero-order chi connectivity index (χ0) is 13.3. The topological polar surface area (TPSA) is 39.8 Å². The molecule has 0 radical (unpaired) electrons. The number of halogens is 2. The summed E-state index contributed by atoms with van der Waals surface area (Å²) >= 11 is 3.35. The van der Waals surface area contributed by atoms with E-state index in [1.807, 2.05) is 24.3 Å². The van der Waals surface area contributed by atoms with Crippen LogP contribution >= 0.6 is 15.9 Å². The van der Waals surface area contributed by atoms with Crippen LogP contribution in [-0.2, 0) is 13.6 Å². The number of nitrogens with zero attached hydrogens (tertiary/aromatic N) is 3. The molecule has 0 atom stereocenters. The SMILES string of the molecule is C=C(F)Cn1nc(-c2cccc(Br)c2)n(C)c1=O. The Labute approximate surface area is 111 Å². The lowest BCUT2D eigenvalue weighted by Gasteiger charge is -1.99. The minimum absolute atomic E-state index is 0.222. The largest absolute Gasteiger partial charge is 0.346 e. The Hall–Kier alpha value is -1.69. The van der Waals surface area contributed by atoms with Crippen molar-refractivity contribution in [1.82, 2.24) is 14.3 Å². The van der Waals surface area contributed by atoms with Crippen LogP contribution in [0.5, 0.6) is 0 Å². The summed E-state index contributed by atoms with van der Waals surface area (Å²) in [6.07, 6.45) is 0. The van der Waals surface area contributed by atoms with Crippen molar-refractivity contribution in [3.8, 4) is 11.4 Å². The van der Waals surface area contributed by atoms with Gasteiger partial charge in [-0.1, -0.05) is 34.6 Å². The van der Waals surface area contributed by atoms with Crippen LogP contribution in [0.4, 0.5) is 4.39 Å². The second kappa shape index (κ2) is 4.89. The van der Waals surface area contributed by atoms with Gasteiger partial charge in [-0.05, 0) is 12.1 Å². The lowest BCUT2D eigenvalue weighted by molar-refractivity contribution is 0.518. The Morgan fingerprint density at radius 1 is 1.56 bits per heavy atom. The number of hydrogen-bond donors (Lipinski definition) is 0. The summed E-state index contributed by atoms with van der Waals surface area (Å²) in [6, 6.07) is 7.40. The van der Waals surface area contributed by atoms with Crippen LogP contribution in [0, 0.1) is 0 Å². The van der Waals surface area contributed by atoms with Gasteiger partial charge in [-0.3, -0.25) is 4.57 Å². The molecule has 1 aromatic heterocycles. The summed E-state index contributed by atoms with van der Waals surface area (Å²) in [5, 5.41) is 4.11. The van der Waals surface area contributed by atoms with Crippen molar-refractivity contribution >= 4 is 15.9 Å². The Balaban J connectivity index is 2.53. The average molecular weight is 312 g/mol. The Morgan fingerprint density at radius 2 is 2.28 bits per heavy atom. The molecule has 0 saturated heterocycles. The summed E-state index contributed by atoms with van der Waals surface area (Å²) in [5.41, 5.74) is 0.413. The molecule has 0 unspecified atom stereocenters. The van der Waals surface area contributed by atoms with Gasteiger partial charge in [0.25, 0.3) is 0 Å². The van der Waals surface area contributed by atoms with Gasteiger partial charge in [0.15, 0.2) is 5.82 Å². The smallest absolute Gasteiger partial charge is 0.278 e. The minimum Gasteiger partial charge on any atom is -0.278 e. The molecule has 1 aromatic carbocycles. The number of allylic oxidation sites excluding steroid dienone is 1. The third-order valence-corrected chi connectivity index (χ3v) is 2.94. The van der Waals surface area contributed by atoms with E-state index in [4.69, 9.17) is 0 Å². The maximum absolute atomic E-state index is 12.8. The van der Waals surface area contributed by atoms with Crippen molar-refractivity contribution in [2.45, 2.75) is 6.54 Å². The fraction of sp³-hybridized carbons (Fsp3) is 0.167.